The Morgan fingerprint density at radius 3 is 2.86 bits per heavy atom. The third kappa shape index (κ3) is 1.13. The molecule has 0 radical (unpaired) electrons. The van der Waals surface area contributed by atoms with Gasteiger partial charge in [0.2, 0.25) is 0 Å². The summed E-state index contributed by atoms with van der Waals surface area (Å²) < 4.78 is 19.3. The van der Waals surface area contributed by atoms with Crippen LogP contribution in [0.3, 0.4) is 0 Å². The van der Waals surface area contributed by atoms with Gasteiger partial charge < -0.3 is 19.0 Å². The number of fused-ring (bicyclic) bond motifs is 6. The Morgan fingerprint density at radius 2 is 2.05 bits per heavy atom. The standard InChI is InChI=1S/C16H25NO3Si/c1-18-21(6-2-5-17)19-11-4-3-8-13(11)16(20-21)14(8)12-9-7-10(9)15(12)16/h8-15H,2-7,17H2,1H3. The highest BCUT2D eigenvalue weighted by Crippen LogP contribution is 2.88. The monoisotopic (exact) mass is 307 g/mol. The molecule has 0 aromatic heterocycles. The second-order valence-corrected chi connectivity index (χ2v) is 11.1. The van der Waals surface area contributed by atoms with Crippen molar-refractivity contribution in [3.05, 3.63) is 0 Å². The summed E-state index contributed by atoms with van der Waals surface area (Å²) in [4.78, 5) is 0. The zero-order valence-electron chi connectivity index (χ0n) is 12.7. The predicted octanol–water partition coefficient (Wildman–Crippen LogP) is 1.63. The van der Waals surface area contributed by atoms with E-state index in [-0.39, 0.29) is 5.60 Å². The molecule has 5 saturated carbocycles. The lowest BCUT2D eigenvalue weighted by Gasteiger charge is -2.81. The van der Waals surface area contributed by atoms with Crippen molar-refractivity contribution in [2.75, 3.05) is 13.7 Å². The third-order valence-corrected chi connectivity index (χ3v) is 10.9. The van der Waals surface area contributed by atoms with Gasteiger partial charge >= 0.3 is 8.80 Å². The molecule has 10 unspecified atom stereocenters. The Morgan fingerprint density at radius 1 is 1.19 bits per heavy atom. The molecule has 5 heteroatoms. The van der Waals surface area contributed by atoms with Crippen LogP contribution in [-0.4, -0.2) is 34.2 Å². The van der Waals surface area contributed by atoms with E-state index in [0.717, 1.165) is 48.0 Å². The highest BCUT2D eigenvalue weighted by Gasteiger charge is 2.91. The van der Waals surface area contributed by atoms with Crippen LogP contribution in [0.4, 0.5) is 0 Å². The molecule has 21 heavy (non-hydrogen) atoms. The van der Waals surface area contributed by atoms with Gasteiger partial charge in [0.15, 0.2) is 0 Å². The van der Waals surface area contributed by atoms with Gasteiger partial charge in [0.25, 0.3) is 0 Å². The van der Waals surface area contributed by atoms with Crippen molar-refractivity contribution in [1.29, 1.82) is 0 Å². The maximum Gasteiger partial charge on any atom is 0.501 e. The van der Waals surface area contributed by atoms with Crippen LogP contribution in [0.15, 0.2) is 0 Å². The van der Waals surface area contributed by atoms with E-state index in [1.807, 2.05) is 0 Å². The third-order valence-electron chi connectivity index (χ3n) is 8.01. The molecule has 1 heterocycles. The second kappa shape index (κ2) is 3.59. The molecule has 116 valence electrons. The average molecular weight is 307 g/mol. The minimum absolute atomic E-state index is 0.198. The van der Waals surface area contributed by atoms with Crippen LogP contribution < -0.4 is 5.73 Å². The highest BCUT2D eigenvalue weighted by molar-refractivity contribution is 6.61. The average Bonchev–Trinajstić information content (AvgIpc) is 3.02. The Bertz CT molecular complexity index is 518. The molecule has 5 aliphatic carbocycles. The molecule has 4 nitrogen and oxygen atoms in total. The molecule has 10 atom stereocenters. The molecule has 1 saturated heterocycles. The molecule has 0 aromatic carbocycles. The van der Waals surface area contributed by atoms with Gasteiger partial charge in [-0.3, -0.25) is 0 Å². The van der Waals surface area contributed by atoms with Crippen molar-refractivity contribution in [1.82, 2.24) is 0 Å². The van der Waals surface area contributed by atoms with Crippen LogP contribution in [0.25, 0.3) is 0 Å². The van der Waals surface area contributed by atoms with E-state index < -0.39 is 8.80 Å². The fourth-order valence-electron chi connectivity index (χ4n) is 7.47. The van der Waals surface area contributed by atoms with Crippen molar-refractivity contribution in [2.24, 2.45) is 47.2 Å². The van der Waals surface area contributed by atoms with Gasteiger partial charge in [-0.1, -0.05) is 0 Å². The first kappa shape index (κ1) is 12.5. The Hall–Kier alpha value is 0.0569. The minimum atomic E-state index is -2.48. The number of hydrogen-bond donors (Lipinski definition) is 1. The van der Waals surface area contributed by atoms with Gasteiger partial charge in [-0.2, -0.15) is 0 Å². The van der Waals surface area contributed by atoms with Gasteiger partial charge in [-0.15, -0.1) is 0 Å². The van der Waals surface area contributed by atoms with Crippen molar-refractivity contribution in [3.8, 4) is 0 Å². The van der Waals surface area contributed by atoms with Gasteiger partial charge in [-0.05, 0) is 67.7 Å². The lowest BCUT2D eigenvalue weighted by Crippen LogP contribution is -2.87. The lowest BCUT2D eigenvalue weighted by molar-refractivity contribution is -0.386. The molecular weight excluding hydrogens is 282 g/mol. The second-order valence-electron chi connectivity index (χ2n) is 8.35. The quantitative estimate of drug-likeness (QED) is 0.802. The van der Waals surface area contributed by atoms with Crippen molar-refractivity contribution in [2.45, 2.75) is 43.4 Å². The topological polar surface area (TPSA) is 53.7 Å². The summed E-state index contributed by atoms with van der Waals surface area (Å²) in [5, 5.41) is 0. The van der Waals surface area contributed by atoms with Gasteiger partial charge in [0, 0.05) is 19.1 Å². The van der Waals surface area contributed by atoms with Crippen LogP contribution >= 0.6 is 0 Å². The zero-order chi connectivity index (χ0) is 14.0. The summed E-state index contributed by atoms with van der Waals surface area (Å²) in [5.74, 6) is 6.47. The molecule has 0 aromatic rings. The molecule has 1 spiro atoms. The maximum atomic E-state index is 6.86. The van der Waals surface area contributed by atoms with Crippen LogP contribution in [0.1, 0.15) is 25.7 Å². The molecule has 6 aliphatic rings. The van der Waals surface area contributed by atoms with Crippen molar-refractivity contribution >= 4 is 8.80 Å². The van der Waals surface area contributed by atoms with E-state index in [0.29, 0.717) is 18.6 Å². The summed E-state index contributed by atoms with van der Waals surface area (Å²) >= 11 is 0. The molecule has 1 aliphatic heterocycles. The normalized spacial score (nSPS) is 67.7. The molecular formula is C16H25NO3Si. The van der Waals surface area contributed by atoms with Gasteiger partial charge in [0.1, 0.15) is 0 Å². The highest BCUT2D eigenvalue weighted by atomic mass is 28.4. The van der Waals surface area contributed by atoms with E-state index in [4.69, 9.17) is 19.0 Å². The van der Waals surface area contributed by atoms with Crippen LogP contribution in [0.5, 0.6) is 0 Å². The van der Waals surface area contributed by atoms with Crippen molar-refractivity contribution in [3.63, 3.8) is 0 Å². The van der Waals surface area contributed by atoms with Gasteiger partial charge in [-0.25, -0.2) is 0 Å². The molecule has 0 amide bonds. The summed E-state index contributed by atoms with van der Waals surface area (Å²) in [5.41, 5.74) is 5.93. The zero-order valence-corrected chi connectivity index (χ0v) is 13.7. The van der Waals surface area contributed by atoms with E-state index in [1.54, 1.807) is 7.11 Å². The first-order valence-corrected chi connectivity index (χ1v) is 10.8. The van der Waals surface area contributed by atoms with E-state index >= 15 is 0 Å². The minimum Gasteiger partial charge on any atom is -0.377 e. The fourth-order valence-corrected chi connectivity index (χ4v) is 10.4. The Balaban J connectivity index is 1.37. The fraction of sp³-hybridized carbons (Fsp3) is 1.00. The first-order valence-electron chi connectivity index (χ1n) is 8.89. The smallest absolute Gasteiger partial charge is 0.377 e. The maximum absolute atomic E-state index is 6.86. The summed E-state index contributed by atoms with van der Waals surface area (Å²) in [7, 11) is -0.678. The summed E-state index contributed by atoms with van der Waals surface area (Å²) in [6.07, 6.45) is 5.50. The SMILES string of the molecule is CO[Si]1(CCCN)OC2CCC3C2C2(O1)C1C4CC4C1C32. The Labute approximate surface area is 127 Å². The van der Waals surface area contributed by atoms with Crippen molar-refractivity contribution < 1.29 is 13.3 Å². The van der Waals surface area contributed by atoms with E-state index in [1.165, 1.54) is 19.3 Å². The van der Waals surface area contributed by atoms with E-state index in [9.17, 15) is 0 Å². The lowest BCUT2D eigenvalue weighted by atomic mass is 9.30. The number of nitrogens with two attached hydrogens (primary N) is 1. The predicted molar refractivity (Wildman–Crippen MR) is 78.2 cm³/mol. The first-order chi connectivity index (χ1) is 10.3. The Kier molecular flexibility index (Phi) is 2.13. The molecule has 0 bridgehead atoms. The largest absolute Gasteiger partial charge is 0.501 e. The van der Waals surface area contributed by atoms with Crippen LogP contribution in [-0.2, 0) is 13.3 Å². The summed E-state index contributed by atoms with van der Waals surface area (Å²) in [6, 6.07) is 0.911. The number of hydrogen-bond acceptors (Lipinski definition) is 4. The molecule has 6 fully saturated rings. The molecule has 6 rings (SSSR count). The summed E-state index contributed by atoms with van der Waals surface area (Å²) in [6.45, 7) is 0.703. The van der Waals surface area contributed by atoms with Crippen LogP contribution in [0.2, 0.25) is 6.04 Å². The van der Waals surface area contributed by atoms with E-state index in [2.05, 4.69) is 0 Å². The van der Waals surface area contributed by atoms with Gasteiger partial charge in [0.05, 0.1) is 11.7 Å². The molecule has 2 N–H and O–H groups in total. The number of rotatable bonds is 4. The van der Waals surface area contributed by atoms with Crippen LogP contribution in [0, 0.1) is 41.4 Å².